The topological polar surface area (TPSA) is 34.1 Å². The summed E-state index contributed by atoms with van der Waals surface area (Å²) in [5.41, 5.74) is 2.31. The van der Waals surface area contributed by atoms with E-state index < -0.39 is 0 Å². The van der Waals surface area contributed by atoms with Crippen molar-refractivity contribution in [2.24, 2.45) is 0 Å². The van der Waals surface area contributed by atoms with Crippen molar-refractivity contribution in [1.29, 1.82) is 0 Å². The fourth-order valence-corrected chi connectivity index (χ4v) is 2.34. The van der Waals surface area contributed by atoms with Crippen molar-refractivity contribution in [2.45, 2.75) is 25.8 Å². The summed E-state index contributed by atoms with van der Waals surface area (Å²) in [6.07, 6.45) is 4.12. The summed E-state index contributed by atoms with van der Waals surface area (Å²) in [5.74, 6) is 0. The average Bonchev–Trinajstić information content (AvgIpc) is 2.46. The van der Waals surface area contributed by atoms with Gasteiger partial charge in [0.15, 0.2) is 0 Å². The number of para-hydroxylation sites is 1. The summed E-state index contributed by atoms with van der Waals surface area (Å²) in [7, 11) is 1.75. The zero-order valence-electron chi connectivity index (χ0n) is 11.7. The van der Waals surface area contributed by atoms with Crippen molar-refractivity contribution in [3.8, 4) is 0 Å². The lowest BCUT2D eigenvalue weighted by molar-refractivity contribution is 0.189. The molecule has 0 spiro atoms. The third kappa shape index (κ3) is 3.75. The summed E-state index contributed by atoms with van der Waals surface area (Å²) < 4.78 is 5.13. The van der Waals surface area contributed by atoms with E-state index in [1.165, 1.54) is 10.9 Å². The molecule has 0 saturated carbocycles. The highest BCUT2D eigenvalue weighted by Crippen LogP contribution is 2.21. The molecule has 0 amide bonds. The lowest BCUT2D eigenvalue weighted by Gasteiger charge is -2.18. The number of fused-ring (bicyclic) bond motifs is 1. The van der Waals surface area contributed by atoms with E-state index in [2.05, 4.69) is 35.4 Å². The molecule has 1 aromatic heterocycles. The maximum absolute atomic E-state index is 5.13. The summed E-state index contributed by atoms with van der Waals surface area (Å²) in [5, 5.41) is 4.73. The maximum Gasteiger partial charge on any atom is 0.0702 e. The Bertz CT molecular complexity index is 513. The Morgan fingerprint density at radius 1 is 1.32 bits per heavy atom. The van der Waals surface area contributed by atoms with Crippen LogP contribution in [0.4, 0.5) is 0 Å². The van der Waals surface area contributed by atoms with Crippen LogP contribution in [0.2, 0.25) is 0 Å². The van der Waals surface area contributed by atoms with E-state index in [9.17, 15) is 0 Å². The van der Waals surface area contributed by atoms with Crippen LogP contribution < -0.4 is 5.32 Å². The molecule has 3 heteroatoms. The highest BCUT2D eigenvalue weighted by Gasteiger charge is 2.10. The van der Waals surface area contributed by atoms with E-state index in [0.29, 0.717) is 6.04 Å². The molecule has 2 aromatic rings. The standard InChI is InChI=1S/C16H22N2O/c1-3-17-16(9-6-10-19-2)14-11-13-7-4-5-8-15(13)18-12-14/h4-5,7-8,11-12,16-17H,3,6,9-10H2,1-2H3. The first-order valence-corrected chi connectivity index (χ1v) is 6.92. The number of pyridine rings is 1. The van der Waals surface area contributed by atoms with Crippen molar-refractivity contribution < 1.29 is 4.74 Å². The molecule has 0 saturated heterocycles. The number of methoxy groups -OCH3 is 1. The van der Waals surface area contributed by atoms with Gasteiger partial charge in [0.2, 0.25) is 0 Å². The lowest BCUT2D eigenvalue weighted by Crippen LogP contribution is -2.21. The van der Waals surface area contributed by atoms with Crippen LogP contribution in [-0.4, -0.2) is 25.2 Å². The number of nitrogens with zero attached hydrogens (tertiary/aromatic N) is 1. The summed E-state index contributed by atoms with van der Waals surface area (Å²) in [6, 6.07) is 10.8. The van der Waals surface area contributed by atoms with Crippen LogP contribution >= 0.6 is 0 Å². The smallest absolute Gasteiger partial charge is 0.0702 e. The van der Waals surface area contributed by atoms with Gasteiger partial charge in [0.25, 0.3) is 0 Å². The van der Waals surface area contributed by atoms with E-state index in [0.717, 1.165) is 31.5 Å². The van der Waals surface area contributed by atoms with Gasteiger partial charge in [-0.1, -0.05) is 25.1 Å². The average molecular weight is 258 g/mol. The van der Waals surface area contributed by atoms with E-state index in [1.807, 2.05) is 18.3 Å². The summed E-state index contributed by atoms with van der Waals surface area (Å²) in [4.78, 5) is 4.54. The zero-order valence-corrected chi connectivity index (χ0v) is 11.7. The fraction of sp³-hybridized carbons (Fsp3) is 0.438. The quantitative estimate of drug-likeness (QED) is 0.774. The van der Waals surface area contributed by atoms with Crippen molar-refractivity contribution >= 4 is 10.9 Å². The van der Waals surface area contributed by atoms with Crippen LogP contribution in [0, 0.1) is 0 Å². The van der Waals surface area contributed by atoms with E-state index in [1.54, 1.807) is 7.11 Å². The van der Waals surface area contributed by atoms with Crippen LogP contribution in [-0.2, 0) is 4.74 Å². The van der Waals surface area contributed by atoms with Gasteiger partial charge in [0.05, 0.1) is 5.52 Å². The Balaban J connectivity index is 2.17. The highest BCUT2D eigenvalue weighted by atomic mass is 16.5. The monoisotopic (exact) mass is 258 g/mol. The number of hydrogen-bond acceptors (Lipinski definition) is 3. The van der Waals surface area contributed by atoms with Crippen molar-refractivity contribution in [3.05, 3.63) is 42.1 Å². The van der Waals surface area contributed by atoms with Crippen LogP contribution in [0.1, 0.15) is 31.4 Å². The van der Waals surface area contributed by atoms with Gasteiger partial charge >= 0.3 is 0 Å². The molecule has 1 N–H and O–H groups in total. The molecule has 0 fully saturated rings. The van der Waals surface area contributed by atoms with Gasteiger partial charge < -0.3 is 10.1 Å². The lowest BCUT2D eigenvalue weighted by atomic mass is 10.0. The van der Waals surface area contributed by atoms with Gasteiger partial charge in [0, 0.05) is 31.3 Å². The van der Waals surface area contributed by atoms with Gasteiger partial charge in [0.1, 0.15) is 0 Å². The van der Waals surface area contributed by atoms with E-state index in [-0.39, 0.29) is 0 Å². The number of hydrogen-bond donors (Lipinski definition) is 1. The van der Waals surface area contributed by atoms with Gasteiger partial charge in [-0.25, -0.2) is 0 Å². The summed E-state index contributed by atoms with van der Waals surface area (Å²) in [6.45, 7) is 3.91. The molecule has 1 unspecified atom stereocenters. The Hall–Kier alpha value is -1.45. The molecule has 2 rings (SSSR count). The minimum absolute atomic E-state index is 0.359. The largest absolute Gasteiger partial charge is 0.385 e. The van der Waals surface area contributed by atoms with Crippen LogP contribution in [0.15, 0.2) is 36.5 Å². The van der Waals surface area contributed by atoms with Gasteiger partial charge in [-0.15, -0.1) is 0 Å². The van der Waals surface area contributed by atoms with E-state index >= 15 is 0 Å². The first-order valence-electron chi connectivity index (χ1n) is 6.92. The Morgan fingerprint density at radius 2 is 2.16 bits per heavy atom. The number of rotatable bonds is 7. The van der Waals surface area contributed by atoms with Crippen molar-refractivity contribution in [1.82, 2.24) is 10.3 Å². The molecule has 3 nitrogen and oxygen atoms in total. The predicted octanol–water partition coefficient (Wildman–Crippen LogP) is 3.31. The molecule has 1 aromatic carbocycles. The zero-order chi connectivity index (χ0) is 13.5. The Kier molecular flexibility index (Phi) is 5.31. The molecule has 1 heterocycles. The van der Waals surface area contributed by atoms with Crippen molar-refractivity contribution in [2.75, 3.05) is 20.3 Å². The third-order valence-corrected chi connectivity index (χ3v) is 3.31. The molecule has 0 aliphatic rings. The minimum Gasteiger partial charge on any atom is -0.385 e. The number of nitrogens with one attached hydrogen (secondary N) is 1. The number of ether oxygens (including phenoxy) is 1. The third-order valence-electron chi connectivity index (χ3n) is 3.31. The Morgan fingerprint density at radius 3 is 2.95 bits per heavy atom. The second-order valence-electron chi connectivity index (χ2n) is 4.71. The second-order valence-corrected chi connectivity index (χ2v) is 4.71. The normalized spacial score (nSPS) is 12.7. The minimum atomic E-state index is 0.359. The number of benzene rings is 1. The number of aromatic nitrogens is 1. The van der Waals surface area contributed by atoms with Gasteiger partial charge in [-0.2, -0.15) is 0 Å². The maximum atomic E-state index is 5.13. The molecule has 19 heavy (non-hydrogen) atoms. The Labute approximate surface area is 115 Å². The van der Waals surface area contributed by atoms with Crippen LogP contribution in [0.5, 0.6) is 0 Å². The van der Waals surface area contributed by atoms with Crippen molar-refractivity contribution in [3.63, 3.8) is 0 Å². The SMILES string of the molecule is CCNC(CCCOC)c1cnc2ccccc2c1. The fourth-order valence-electron chi connectivity index (χ4n) is 2.34. The van der Waals surface area contributed by atoms with Gasteiger partial charge in [-0.05, 0) is 37.1 Å². The predicted molar refractivity (Wildman–Crippen MR) is 79.3 cm³/mol. The molecular formula is C16H22N2O. The molecule has 1 atom stereocenters. The second kappa shape index (κ2) is 7.22. The molecule has 102 valence electrons. The highest BCUT2D eigenvalue weighted by molar-refractivity contribution is 5.78. The van der Waals surface area contributed by atoms with Crippen LogP contribution in [0.25, 0.3) is 10.9 Å². The molecule has 0 aliphatic heterocycles. The van der Waals surface area contributed by atoms with E-state index in [4.69, 9.17) is 4.74 Å². The summed E-state index contributed by atoms with van der Waals surface area (Å²) >= 11 is 0. The molecule has 0 radical (unpaired) electrons. The molecule has 0 aliphatic carbocycles. The molecule has 0 bridgehead atoms. The molecular weight excluding hydrogens is 236 g/mol. The van der Waals surface area contributed by atoms with Gasteiger partial charge in [-0.3, -0.25) is 4.98 Å². The van der Waals surface area contributed by atoms with Crippen LogP contribution in [0.3, 0.4) is 0 Å². The first kappa shape index (κ1) is 14.0. The first-order chi connectivity index (χ1) is 9.35.